The van der Waals surface area contributed by atoms with Gasteiger partial charge in [-0.25, -0.2) is 0 Å². The number of benzene rings is 1. The summed E-state index contributed by atoms with van der Waals surface area (Å²) in [4.78, 5) is 0. The Bertz CT molecular complexity index is 297. The third-order valence-electron chi connectivity index (χ3n) is 2.97. The summed E-state index contributed by atoms with van der Waals surface area (Å²) in [5.74, 6) is 0. The lowest BCUT2D eigenvalue weighted by atomic mass is 9.85. The molecular weight excluding hydrogens is 232 g/mol. The summed E-state index contributed by atoms with van der Waals surface area (Å²) in [5.41, 5.74) is 1.48. The Morgan fingerprint density at radius 3 is 2.19 bits per heavy atom. The van der Waals surface area contributed by atoms with Crippen molar-refractivity contribution in [2.24, 2.45) is 5.41 Å². The van der Waals surface area contributed by atoms with E-state index in [1.54, 1.807) is 0 Å². The molecule has 1 aromatic rings. The molecule has 0 spiro atoms. The van der Waals surface area contributed by atoms with Crippen molar-refractivity contribution >= 4 is 21.0 Å². The molecule has 0 aliphatic heterocycles. The van der Waals surface area contributed by atoms with E-state index in [9.17, 15) is 0 Å². The van der Waals surface area contributed by atoms with Crippen LogP contribution in [-0.4, -0.2) is 27.3 Å². The Morgan fingerprint density at radius 2 is 1.69 bits per heavy atom. The van der Waals surface area contributed by atoms with E-state index in [0.29, 0.717) is 0 Å². The van der Waals surface area contributed by atoms with E-state index >= 15 is 0 Å². The van der Waals surface area contributed by atoms with Crippen LogP contribution in [0.4, 0.5) is 0 Å². The fourth-order valence-corrected chi connectivity index (χ4v) is 4.01. The first-order valence-corrected chi connectivity index (χ1v) is 7.33. The zero-order valence-electron chi connectivity index (χ0n) is 10.7. The standard InChI is InChI=1S/C12H22O2Si2/c1-12(2,11(13-15)14-16)9-8-10-6-4-3-5-7-10/h3-7,11H,8-9H2,1-2,15-16H3. The zero-order chi connectivity index (χ0) is 12.0. The minimum atomic E-state index is -0.0189. The molecule has 1 rings (SSSR count). The Kier molecular flexibility index (Phi) is 5.41. The van der Waals surface area contributed by atoms with Gasteiger partial charge in [-0.3, -0.25) is 0 Å². The lowest BCUT2D eigenvalue weighted by Crippen LogP contribution is -2.34. The van der Waals surface area contributed by atoms with Gasteiger partial charge >= 0.3 is 0 Å². The van der Waals surface area contributed by atoms with Gasteiger partial charge in [-0.2, -0.15) is 0 Å². The maximum absolute atomic E-state index is 5.50. The first-order valence-electron chi connectivity index (χ1n) is 5.69. The van der Waals surface area contributed by atoms with Crippen molar-refractivity contribution in [3.05, 3.63) is 35.9 Å². The van der Waals surface area contributed by atoms with Gasteiger partial charge < -0.3 is 8.85 Å². The van der Waals surface area contributed by atoms with Crippen molar-refractivity contribution in [2.75, 3.05) is 0 Å². The molecule has 0 heterocycles. The van der Waals surface area contributed by atoms with Gasteiger partial charge in [0.1, 0.15) is 27.3 Å². The lowest BCUT2D eigenvalue weighted by molar-refractivity contribution is -0.0761. The third-order valence-corrected chi connectivity index (χ3v) is 3.82. The molecule has 0 aliphatic rings. The molecule has 1 aromatic carbocycles. The fourth-order valence-electron chi connectivity index (χ4n) is 1.96. The number of rotatable bonds is 6. The molecule has 0 atom stereocenters. The highest BCUT2D eigenvalue weighted by Crippen LogP contribution is 2.29. The van der Waals surface area contributed by atoms with Crippen LogP contribution in [0.1, 0.15) is 25.8 Å². The lowest BCUT2D eigenvalue weighted by Gasteiger charge is -2.33. The molecule has 0 saturated heterocycles. The van der Waals surface area contributed by atoms with Crippen molar-refractivity contribution in [1.29, 1.82) is 0 Å². The largest absolute Gasteiger partial charge is 0.404 e. The van der Waals surface area contributed by atoms with Crippen molar-refractivity contribution in [3.63, 3.8) is 0 Å². The van der Waals surface area contributed by atoms with Gasteiger partial charge in [-0.15, -0.1) is 0 Å². The number of aryl methyl sites for hydroxylation is 1. The molecule has 0 aliphatic carbocycles. The van der Waals surface area contributed by atoms with Crippen molar-refractivity contribution < 1.29 is 8.85 Å². The van der Waals surface area contributed by atoms with Crippen LogP contribution in [0.2, 0.25) is 0 Å². The normalized spacial score (nSPS) is 14.1. The Labute approximate surface area is 104 Å². The predicted molar refractivity (Wildman–Crippen MR) is 74.4 cm³/mol. The molecule has 0 unspecified atom stereocenters. The van der Waals surface area contributed by atoms with E-state index in [-0.39, 0.29) is 11.7 Å². The molecule has 4 heteroatoms. The molecule has 0 bridgehead atoms. The van der Waals surface area contributed by atoms with Crippen molar-refractivity contribution in [2.45, 2.75) is 33.0 Å². The first-order chi connectivity index (χ1) is 7.60. The molecule has 16 heavy (non-hydrogen) atoms. The monoisotopic (exact) mass is 254 g/mol. The van der Waals surface area contributed by atoms with Crippen LogP contribution in [0.3, 0.4) is 0 Å². The van der Waals surface area contributed by atoms with Gasteiger partial charge in [0.25, 0.3) is 0 Å². The Balaban J connectivity index is 2.53. The van der Waals surface area contributed by atoms with Crippen LogP contribution in [-0.2, 0) is 15.3 Å². The molecule has 0 fully saturated rings. The molecule has 0 amide bonds. The van der Waals surface area contributed by atoms with E-state index in [0.717, 1.165) is 33.8 Å². The summed E-state index contributed by atoms with van der Waals surface area (Å²) >= 11 is 0. The van der Waals surface area contributed by atoms with Gasteiger partial charge in [0.2, 0.25) is 0 Å². The average Bonchev–Trinajstić information content (AvgIpc) is 2.29. The average molecular weight is 254 g/mol. The second-order valence-electron chi connectivity index (χ2n) is 4.78. The quantitative estimate of drug-likeness (QED) is 0.546. The van der Waals surface area contributed by atoms with Gasteiger partial charge in [0.15, 0.2) is 0 Å². The highest BCUT2D eigenvalue weighted by Gasteiger charge is 2.28. The third kappa shape index (κ3) is 3.86. The molecule has 0 saturated carbocycles. The second-order valence-corrected chi connectivity index (χ2v) is 5.72. The van der Waals surface area contributed by atoms with E-state index in [4.69, 9.17) is 8.85 Å². The van der Waals surface area contributed by atoms with Gasteiger partial charge in [-0.05, 0) is 18.4 Å². The minimum Gasteiger partial charge on any atom is -0.404 e. The predicted octanol–water partition coefficient (Wildman–Crippen LogP) is 0.565. The van der Waals surface area contributed by atoms with Crippen molar-refractivity contribution in [1.82, 2.24) is 0 Å². The highest BCUT2D eigenvalue weighted by atomic mass is 28.2. The minimum absolute atomic E-state index is 0.0189. The number of hydrogen-bond acceptors (Lipinski definition) is 2. The van der Waals surface area contributed by atoms with E-state index < -0.39 is 0 Å². The maximum atomic E-state index is 5.50. The molecule has 0 N–H and O–H groups in total. The summed E-state index contributed by atoms with van der Waals surface area (Å²) in [7, 11) is 1.47. The topological polar surface area (TPSA) is 18.5 Å². The molecule has 0 radical (unpaired) electrons. The summed E-state index contributed by atoms with van der Waals surface area (Å²) in [6.07, 6.45) is 2.15. The Morgan fingerprint density at radius 1 is 1.12 bits per heavy atom. The fraction of sp³-hybridized carbons (Fsp3) is 0.500. The molecular formula is C12H22O2Si2. The van der Waals surface area contributed by atoms with Gasteiger partial charge in [-0.1, -0.05) is 44.2 Å². The zero-order valence-corrected chi connectivity index (χ0v) is 14.7. The first kappa shape index (κ1) is 13.6. The van der Waals surface area contributed by atoms with Gasteiger partial charge in [0, 0.05) is 5.41 Å². The van der Waals surface area contributed by atoms with E-state index in [1.807, 2.05) is 0 Å². The SMILES string of the molecule is CC(C)(CCc1ccccc1)C(O[SiH3])O[SiH3]. The molecule has 2 nitrogen and oxygen atoms in total. The molecule has 90 valence electrons. The summed E-state index contributed by atoms with van der Waals surface area (Å²) in [6, 6.07) is 10.6. The van der Waals surface area contributed by atoms with Crippen LogP contribution in [0.5, 0.6) is 0 Å². The molecule has 0 aromatic heterocycles. The maximum Gasteiger partial charge on any atom is 0.149 e. The van der Waals surface area contributed by atoms with Crippen LogP contribution in [0.25, 0.3) is 0 Å². The summed E-state index contributed by atoms with van der Waals surface area (Å²) in [6.45, 7) is 4.44. The summed E-state index contributed by atoms with van der Waals surface area (Å²) < 4.78 is 11.0. The smallest absolute Gasteiger partial charge is 0.149 e. The van der Waals surface area contributed by atoms with Gasteiger partial charge in [0.05, 0.1) is 0 Å². The summed E-state index contributed by atoms with van der Waals surface area (Å²) in [5, 5.41) is 0. The van der Waals surface area contributed by atoms with Crippen LogP contribution in [0.15, 0.2) is 30.3 Å². The van der Waals surface area contributed by atoms with E-state index in [2.05, 4.69) is 44.2 Å². The van der Waals surface area contributed by atoms with Crippen LogP contribution >= 0.6 is 0 Å². The van der Waals surface area contributed by atoms with Crippen LogP contribution < -0.4 is 0 Å². The van der Waals surface area contributed by atoms with E-state index in [1.165, 1.54) is 5.56 Å². The second kappa shape index (κ2) is 6.34. The van der Waals surface area contributed by atoms with Crippen LogP contribution in [0, 0.1) is 5.41 Å². The number of hydrogen-bond donors (Lipinski definition) is 0. The highest BCUT2D eigenvalue weighted by molar-refractivity contribution is 5.99. The van der Waals surface area contributed by atoms with Crippen molar-refractivity contribution in [3.8, 4) is 0 Å². The Hall–Kier alpha value is -0.426.